The van der Waals surface area contributed by atoms with Gasteiger partial charge in [0.15, 0.2) is 5.82 Å². The normalized spacial score (nSPS) is 11.2. The molecule has 0 saturated carbocycles. The molecule has 0 atom stereocenters. The molecular weight excluding hydrogens is 264 g/mol. The molecule has 21 heavy (non-hydrogen) atoms. The van der Waals surface area contributed by atoms with E-state index in [1.165, 1.54) is 5.56 Å². The molecule has 114 valence electrons. The third kappa shape index (κ3) is 4.86. The van der Waals surface area contributed by atoms with E-state index >= 15 is 0 Å². The lowest BCUT2D eigenvalue weighted by atomic mass is 10.1. The number of anilines is 1. The van der Waals surface area contributed by atoms with Gasteiger partial charge in [0, 0.05) is 25.1 Å². The summed E-state index contributed by atoms with van der Waals surface area (Å²) in [6.45, 7) is 7.41. The topological polar surface area (TPSA) is 68.2 Å². The van der Waals surface area contributed by atoms with E-state index in [0.29, 0.717) is 5.89 Å². The van der Waals surface area contributed by atoms with Crippen LogP contribution in [0.3, 0.4) is 0 Å². The van der Waals surface area contributed by atoms with Crippen LogP contribution in [-0.4, -0.2) is 34.7 Å². The number of nitrogens with two attached hydrogens (primary N) is 1. The third-order valence-electron chi connectivity index (χ3n) is 3.66. The molecule has 0 radical (unpaired) electrons. The van der Waals surface area contributed by atoms with Gasteiger partial charge in [-0.05, 0) is 37.2 Å². The van der Waals surface area contributed by atoms with Crippen LogP contribution in [0.5, 0.6) is 0 Å². The van der Waals surface area contributed by atoms with Gasteiger partial charge in [-0.3, -0.25) is 0 Å². The summed E-state index contributed by atoms with van der Waals surface area (Å²) in [4.78, 5) is 6.81. The third-order valence-corrected chi connectivity index (χ3v) is 3.66. The Labute approximate surface area is 126 Å². The molecule has 0 fully saturated rings. The Morgan fingerprint density at radius 1 is 1.05 bits per heavy atom. The van der Waals surface area contributed by atoms with Gasteiger partial charge in [0.25, 0.3) is 0 Å². The molecule has 1 heterocycles. The van der Waals surface area contributed by atoms with Crippen LogP contribution in [0, 0.1) is 0 Å². The van der Waals surface area contributed by atoms with Crippen molar-refractivity contribution in [3.63, 3.8) is 0 Å². The first kappa shape index (κ1) is 15.5. The fourth-order valence-electron chi connectivity index (χ4n) is 2.23. The highest BCUT2D eigenvalue weighted by atomic mass is 16.5. The van der Waals surface area contributed by atoms with E-state index in [9.17, 15) is 0 Å². The molecule has 0 aliphatic carbocycles. The largest absolute Gasteiger partial charge is 0.399 e. The maximum Gasteiger partial charge on any atom is 0.226 e. The van der Waals surface area contributed by atoms with Crippen molar-refractivity contribution in [1.29, 1.82) is 0 Å². The summed E-state index contributed by atoms with van der Waals surface area (Å²) in [6, 6.07) is 7.90. The van der Waals surface area contributed by atoms with Crippen molar-refractivity contribution in [1.82, 2.24) is 15.0 Å². The highest BCUT2D eigenvalue weighted by Crippen LogP contribution is 2.09. The van der Waals surface area contributed by atoms with Crippen LogP contribution in [-0.2, 0) is 19.3 Å². The van der Waals surface area contributed by atoms with Crippen LogP contribution in [0.15, 0.2) is 28.8 Å². The first-order chi connectivity index (χ1) is 10.2. The molecule has 0 bridgehead atoms. The van der Waals surface area contributed by atoms with E-state index in [1.54, 1.807) is 0 Å². The molecule has 0 aliphatic rings. The number of hydrogen-bond donors (Lipinski definition) is 1. The Kier molecular flexibility index (Phi) is 5.75. The number of hydrogen-bond acceptors (Lipinski definition) is 5. The lowest BCUT2D eigenvalue weighted by Crippen LogP contribution is -2.25. The van der Waals surface area contributed by atoms with Crippen molar-refractivity contribution in [3.05, 3.63) is 41.5 Å². The zero-order chi connectivity index (χ0) is 15.1. The first-order valence-electron chi connectivity index (χ1n) is 7.59. The lowest BCUT2D eigenvalue weighted by molar-refractivity contribution is 0.302. The van der Waals surface area contributed by atoms with Crippen molar-refractivity contribution in [2.24, 2.45) is 0 Å². The zero-order valence-corrected chi connectivity index (χ0v) is 12.9. The second kappa shape index (κ2) is 7.78. The van der Waals surface area contributed by atoms with E-state index < -0.39 is 0 Å². The zero-order valence-electron chi connectivity index (χ0n) is 12.9. The smallest absolute Gasteiger partial charge is 0.226 e. The Balaban J connectivity index is 1.81. The number of nitrogens with zero attached hydrogens (tertiary/aromatic N) is 3. The van der Waals surface area contributed by atoms with Crippen LogP contribution in [0.2, 0.25) is 0 Å². The standard InChI is InChI=1S/C16H24N4O/c1-3-20(4-2)12-11-15-18-16(21-19-15)10-7-13-5-8-14(17)9-6-13/h5-6,8-9H,3-4,7,10-12,17H2,1-2H3. The van der Waals surface area contributed by atoms with Crippen LogP contribution in [0.25, 0.3) is 0 Å². The Morgan fingerprint density at radius 3 is 2.43 bits per heavy atom. The maximum atomic E-state index is 5.67. The average Bonchev–Trinajstić information content (AvgIpc) is 2.96. The van der Waals surface area contributed by atoms with E-state index in [2.05, 4.69) is 28.9 Å². The number of aryl methyl sites for hydroxylation is 2. The molecule has 0 saturated heterocycles. The van der Waals surface area contributed by atoms with Gasteiger partial charge in [0.05, 0.1) is 0 Å². The highest BCUT2D eigenvalue weighted by molar-refractivity contribution is 5.39. The minimum absolute atomic E-state index is 0.710. The molecular formula is C16H24N4O. The molecule has 1 aromatic heterocycles. The van der Waals surface area contributed by atoms with Crippen LogP contribution in [0.4, 0.5) is 5.69 Å². The molecule has 0 spiro atoms. The number of benzene rings is 1. The maximum absolute atomic E-state index is 5.67. The Morgan fingerprint density at radius 2 is 1.76 bits per heavy atom. The van der Waals surface area contributed by atoms with Crippen LogP contribution < -0.4 is 5.73 Å². The summed E-state index contributed by atoms with van der Waals surface area (Å²) in [5, 5.41) is 4.05. The lowest BCUT2D eigenvalue weighted by Gasteiger charge is -2.16. The monoisotopic (exact) mass is 288 g/mol. The molecule has 5 nitrogen and oxygen atoms in total. The van der Waals surface area contributed by atoms with Gasteiger partial charge in [0.2, 0.25) is 5.89 Å². The summed E-state index contributed by atoms with van der Waals surface area (Å²) >= 11 is 0. The molecule has 0 unspecified atom stereocenters. The fourth-order valence-corrected chi connectivity index (χ4v) is 2.23. The second-order valence-corrected chi connectivity index (χ2v) is 5.12. The summed E-state index contributed by atoms with van der Waals surface area (Å²) in [5.74, 6) is 1.51. The molecule has 2 N–H and O–H groups in total. The minimum Gasteiger partial charge on any atom is -0.399 e. The van der Waals surface area contributed by atoms with Crippen molar-refractivity contribution < 1.29 is 4.52 Å². The van der Waals surface area contributed by atoms with Crippen molar-refractivity contribution in [2.75, 3.05) is 25.4 Å². The summed E-state index contributed by atoms with van der Waals surface area (Å²) in [7, 11) is 0. The molecule has 2 aromatic rings. The SMILES string of the molecule is CCN(CC)CCc1noc(CCc2ccc(N)cc2)n1. The number of aromatic nitrogens is 2. The molecule has 2 rings (SSSR count). The minimum atomic E-state index is 0.710. The van der Waals surface area contributed by atoms with E-state index in [0.717, 1.165) is 50.4 Å². The van der Waals surface area contributed by atoms with E-state index in [1.807, 2.05) is 24.3 Å². The Hall–Kier alpha value is -1.88. The second-order valence-electron chi connectivity index (χ2n) is 5.12. The van der Waals surface area contributed by atoms with Crippen molar-refractivity contribution >= 4 is 5.69 Å². The quantitative estimate of drug-likeness (QED) is 0.755. The number of rotatable bonds is 8. The van der Waals surface area contributed by atoms with Gasteiger partial charge in [0.1, 0.15) is 0 Å². The number of likely N-dealkylation sites (N-methyl/N-ethyl adjacent to an activating group) is 1. The van der Waals surface area contributed by atoms with Gasteiger partial charge < -0.3 is 15.2 Å². The van der Waals surface area contributed by atoms with Gasteiger partial charge in [-0.2, -0.15) is 4.98 Å². The molecule has 5 heteroatoms. The predicted molar refractivity (Wildman–Crippen MR) is 84.1 cm³/mol. The fraction of sp³-hybridized carbons (Fsp3) is 0.500. The summed E-state index contributed by atoms with van der Waals surface area (Å²) in [5.41, 5.74) is 7.69. The summed E-state index contributed by atoms with van der Waals surface area (Å²) in [6.07, 6.45) is 2.49. The first-order valence-corrected chi connectivity index (χ1v) is 7.59. The summed E-state index contributed by atoms with van der Waals surface area (Å²) < 4.78 is 5.31. The van der Waals surface area contributed by atoms with Gasteiger partial charge in [-0.25, -0.2) is 0 Å². The predicted octanol–water partition coefficient (Wildman–Crippen LogP) is 2.32. The molecule has 0 aliphatic heterocycles. The molecule has 0 amide bonds. The number of nitrogen functional groups attached to an aromatic ring is 1. The van der Waals surface area contributed by atoms with Crippen molar-refractivity contribution in [3.8, 4) is 0 Å². The Bertz CT molecular complexity index is 531. The average molecular weight is 288 g/mol. The molecule has 1 aromatic carbocycles. The van der Waals surface area contributed by atoms with Crippen LogP contribution in [0.1, 0.15) is 31.1 Å². The van der Waals surface area contributed by atoms with Gasteiger partial charge >= 0.3 is 0 Å². The van der Waals surface area contributed by atoms with E-state index in [-0.39, 0.29) is 0 Å². The van der Waals surface area contributed by atoms with Gasteiger partial charge in [-0.15, -0.1) is 0 Å². The van der Waals surface area contributed by atoms with Gasteiger partial charge in [-0.1, -0.05) is 31.1 Å². The van der Waals surface area contributed by atoms with E-state index in [4.69, 9.17) is 10.3 Å². The van der Waals surface area contributed by atoms with Crippen molar-refractivity contribution in [2.45, 2.75) is 33.1 Å². The highest BCUT2D eigenvalue weighted by Gasteiger charge is 2.08. The van der Waals surface area contributed by atoms with Crippen LogP contribution >= 0.6 is 0 Å².